The highest BCUT2D eigenvalue weighted by Crippen LogP contribution is 2.15. The van der Waals surface area contributed by atoms with Gasteiger partial charge in [0.15, 0.2) is 0 Å². The maximum atomic E-state index is 12.8. The van der Waals surface area contributed by atoms with Gasteiger partial charge in [-0.1, -0.05) is 0 Å². The number of hydrogen-bond donors (Lipinski definition) is 1. The number of nitrogens with zero attached hydrogens (tertiary/aromatic N) is 1. The van der Waals surface area contributed by atoms with Crippen LogP contribution in [-0.4, -0.2) is 10.9 Å². The number of pyridine rings is 1. The van der Waals surface area contributed by atoms with E-state index in [2.05, 4.69) is 10.3 Å². The number of nitrogens with one attached hydrogen (secondary N) is 1. The van der Waals surface area contributed by atoms with Crippen LogP contribution in [0.1, 0.15) is 15.9 Å². The van der Waals surface area contributed by atoms with Crippen LogP contribution in [0.4, 0.5) is 4.39 Å². The Morgan fingerprint density at radius 2 is 2.45 bits per heavy atom. The van der Waals surface area contributed by atoms with Crippen molar-refractivity contribution in [3.05, 3.63) is 29.3 Å². The Labute approximate surface area is 62.3 Å². The first-order valence-corrected chi connectivity index (χ1v) is 3.20. The average molecular weight is 152 g/mol. The number of fused-ring (bicyclic) bond motifs is 1. The number of carbonyl (C=O) groups is 1. The summed E-state index contributed by atoms with van der Waals surface area (Å²) >= 11 is 0. The van der Waals surface area contributed by atoms with E-state index in [0.29, 0.717) is 11.1 Å². The molecule has 0 radical (unpaired) electrons. The van der Waals surface area contributed by atoms with Crippen molar-refractivity contribution in [3.8, 4) is 0 Å². The van der Waals surface area contributed by atoms with Crippen LogP contribution in [0, 0.1) is 5.95 Å². The largest absolute Gasteiger partial charge is 0.348 e. The van der Waals surface area contributed by atoms with E-state index >= 15 is 0 Å². The molecule has 0 aromatic carbocycles. The molecule has 1 N–H and O–H groups in total. The number of hydrogen-bond acceptors (Lipinski definition) is 2. The first-order chi connectivity index (χ1) is 5.29. The number of aromatic nitrogens is 1. The third-order valence-electron chi connectivity index (χ3n) is 1.67. The lowest BCUT2D eigenvalue weighted by atomic mass is 10.2. The topological polar surface area (TPSA) is 42.0 Å². The molecule has 1 aromatic rings. The van der Waals surface area contributed by atoms with Crippen LogP contribution in [0.15, 0.2) is 12.3 Å². The van der Waals surface area contributed by atoms with Gasteiger partial charge >= 0.3 is 0 Å². The zero-order valence-electron chi connectivity index (χ0n) is 5.60. The van der Waals surface area contributed by atoms with E-state index in [9.17, 15) is 9.18 Å². The molecule has 0 atom stereocenters. The highest BCUT2D eigenvalue weighted by Gasteiger charge is 2.21. The molecule has 0 unspecified atom stereocenters. The standard InChI is InChI=1S/C7H5FN2O/c8-6-5-3-10-7(11)4(5)1-2-9-6/h1-2H,3H2,(H,10,11). The molecule has 0 bridgehead atoms. The fourth-order valence-corrected chi connectivity index (χ4v) is 1.11. The molecule has 11 heavy (non-hydrogen) atoms. The Bertz CT molecular complexity index is 324. The summed E-state index contributed by atoms with van der Waals surface area (Å²) in [6.45, 7) is 0.258. The zero-order valence-corrected chi connectivity index (χ0v) is 5.60. The maximum Gasteiger partial charge on any atom is 0.252 e. The smallest absolute Gasteiger partial charge is 0.252 e. The first kappa shape index (κ1) is 6.27. The van der Waals surface area contributed by atoms with Gasteiger partial charge < -0.3 is 5.32 Å². The molecule has 0 saturated carbocycles. The Kier molecular flexibility index (Phi) is 1.15. The van der Waals surface area contributed by atoms with Gasteiger partial charge in [-0.15, -0.1) is 0 Å². The van der Waals surface area contributed by atoms with Crippen molar-refractivity contribution in [1.29, 1.82) is 0 Å². The highest BCUT2D eigenvalue weighted by molar-refractivity contribution is 5.98. The van der Waals surface area contributed by atoms with E-state index < -0.39 is 5.95 Å². The summed E-state index contributed by atoms with van der Waals surface area (Å²) in [5, 5.41) is 2.51. The van der Waals surface area contributed by atoms with Crippen LogP contribution >= 0.6 is 0 Å². The summed E-state index contributed by atoms with van der Waals surface area (Å²) in [5.41, 5.74) is 0.773. The Hall–Kier alpha value is -1.45. The van der Waals surface area contributed by atoms with Gasteiger partial charge in [0, 0.05) is 18.3 Å². The van der Waals surface area contributed by atoms with Crippen molar-refractivity contribution < 1.29 is 9.18 Å². The molecule has 3 nitrogen and oxygen atoms in total. The third-order valence-corrected chi connectivity index (χ3v) is 1.67. The number of rotatable bonds is 0. The quantitative estimate of drug-likeness (QED) is 0.549. The fraction of sp³-hybridized carbons (Fsp3) is 0.143. The summed E-state index contributed by atoms with van der Waals surface area (Å²) in [6.07, 6.45) is 1.29. The second-order valence-electron chi connectivity index (χ2n) is 2.31. The minimum absolute atomic E-state index is 0.221. The molecule has 1 aromatic heterocycles. The Morgan fingerprint density at radius 1 is 1.64 bits per heavy atom. The number of amides is 1. The molecule has 1 amide bonds. The van der Waals surface area contributed by atoms with Crippen LogP contribution in [0.2, 0.25) is 0 Å². The molecular formula is C7H5FN2O. The van der Waals surface area contributed by atoms with Gasteiger partial charge in [-0.05, 0) is 6.07 Å². The lowest BCUT2D eigenvalue weighted by Crippen LogP contribution is -2.12. The molecule has 0 saturated heterocycles. The van der Waals surface area contributed by atoms with Crippen molar-refractivity contribution in [2.24, 2.45) is 0 Å². The highest BCUT2D eigenvalue weighted by atomic mass is 19.1. The minimum Gasteiger partial charge on any atom is -0.348 e. The number of carbonyl (C=O) groups excluding carboxylic acids is 1. The summed E-state index contributed by atoms with van der Waals surface area (Å²) in [7, 11) is 0. The van der Waals surface area contributed by atoms with Gasteiger partial charge in [0.25, 0.3) is 5.91 Å². The Balaban J connectivity index is 2.66. The van der Waals surface area contributed by atoms with Crippen molar-refractivity contribution in [3.63, 3.8) is 0 Å². The predicted molar refractivity (Wildman–Crippen MR) is 35.4 cm³/mol. The minimum atomic E-state index is -0.555. The normalized spacial score (nSPS) is 14.5. The summed E-state index contributed by atoms with van der Waals surface area (Å²) in [5.74, 6) is -0.776. The van der Waals surface area contributed by atoms with E-state index in [1.165, 1.54) is 12.3 Å². The molecule has 0 spiro atoms. The molecule has 4 heteroatoms. The zero-order chi connectivity index (χ0) is 7.84. The van der Waals surface area contributed by atoms with Crippen LogP contribution in [0.25, 0.3) is 0 Å². The van der Waals surface area contributed by atoms with Crippen molar-refractivity contribution >= 4 is 5.91 Å². The molecule has 1 aliphatic heterocycles. The van der Waals surface area contributed by atoms with Crippen molar-refractivity contribution in [1.82, 2.24) is 10.3 Å². The summed E-state index contributed by atoms with van der Waals surface area (Å²) < 4.78 is 12.8. The van der Waals surface area contributed by atoms with E-state index in [0.717, 1.165) is 0 Å². The monoisotopic (exact) mass is 152 g/mol. The molecule has 2 rings (SSSR count). The van der Waals surface area contributed by atoms with Crippen LogP contribution in [0.5, 0.6) is 0 Å². The van der Waals surface area contributed by atoms with Gasteiger partial charge in [0.05, 0.1) is 5.56 Å². The second-order valence-corrected chi connectivity index (χ2v) is 2.31. The fourth-order valence-electron chi connectivity index (χ4n) is 1.11. The van der Waals surface area contributed by atoms with Gasteiger partial charge in [-0.2, -0.15) is 4.39 Å². The van der Waals surface area contributed by atoms with E-state index in [1.807, 2.05) is 0 Å². The summed E-state index contributed by atoms with van der Waals surface area (Å²) in [6, 6.07) is 1.51. The van der Waals surface area contributed by atoms with E-state index in [-0.39, 0.29) is 12.5 Å². The lowest BCUT2D eigenvalue weighted by molar-refractivity contribution is 0.0965. The summed E-state index contributed by atoms with van der Waals surface area (Å²) in [4.78, 5) is 14.3. The van der Waals surface area contributed by atoms with Crippen molar-refractivity contribution in [2.45, 2.75) is 6.54 Å². The Morgan fingerprint density at radius 3 is 3.18 bits per heavy atom. The average Bonchev–Trinajstić information content (AvgIpc) is 2.35. The maximum absolute atomic E-state index is 12.8. The van der Waals surface area contributed by atoms with Gasteiger partial charge in [-0.3, -0.25) is 4.79 Å². The first-order valence-electron chi connectivity index (χ1n) is 3.20. The second kappa shape index (κ2) is 2.02. The molecule has 0 aliphatic carbocycles. The van der Waals surface area contributed by atoms with Crippen LogP contribution in [-0.2, 0) is 6.54 Å². The molecular weight excluding hydrogens is 147 g/mol. The van der Waals surface area contributed by atoms with Crippen LogP contribution in [0.3, 0.4) is 0 Å². The molecule has 0 fully saturated rings. The molecule has 56 valence electrons. The van der Waals surface area contributed by atoms with Crippen molar-refractivity contribution in [2.75, 3.05) is 0 Å². The SMILES string of the molecule is O=C1NCc2c1ccnc2F. The lowest BCUT2D eigenvalue weighted by Gasteiger charge is -1.93. The van der Waals surface area contributed by atoms with Gasteiger partial charge in [0.1, 0.15) is 0 Å². The predicted octanol–water partition coefficient (Wildman–Crippen LogP) is 0.464. The van der Waals surface area contributed by atoms with E-state index in [4.69, 9.17) is 0 Å². The molecule has 2 heterocycles. The number of halogens is 1. The van der Waals surface area contributed by atoms with Crippen LogP contribution < -0.4 is 5.32 Å². The molecule has 1 aliphatic rings. The van der Waals surface area contributed by atoms with Gasteiger partial charge in [-0.25, -0.2) is 4.98 Å². The van der Waals surface area contributed by atoms with Gasteiger partial charge in [0.2, 0.25) is 5.95 Å². The van der Waals surface area contributed by atoms with E-state index in [1.54, 1.807) is 0 Å². The third kappa shape index (κ3) is 0.790.